The fourth-order valence-electron chi connectivity index (χ4n) is 2.51. The third-order valence-electron chi connectivity index (χ3n) is 3.74. The van der Waals surface area contributed by atoms with Crippen LogP contribution in [0, 0.1) is 0 Å². The number of hydrogen-bond acceptors (Lipinski definition) is 6. The molecule has 0 aliphatic heterocycles. The third-order valence-corrected chi connectivity index (χ3v) is 4.00. The first-order chi connectivity index (χ1) is 12.3. The van der Waals surface area contributed by atoms with E-state index in [1.165, 1.54) is 0 Å². The monoisotopic (exact) mass is 351 g/mol. The summed E-state index contributed by atoms with van der Waals surface area (Å²) in [5.41, 5.74) is 1.77. The van der Waals surface area contributed by atoms with Crippen molar-refractivity contribution in [3.05, 3.63) is 65.8 Å². The molecule has 124 valence electrons. The Hall–Kier alpha value is -2.99. The van der Waals surface area contributed by atoms with Crippen LogP contribution in [0.4, 0.5) is 5.82 Å². The number of para-hydroxylation sites is 1. The van der Waals surface area contributed by atoms with Crippen molar-refractivity contribution in [2.24, 2.45) is 0 Å². The molecule has 4 aromatic rings. The van der Waals surface area contributed by atoms with Crippen molar-refractivity contribution in [2.45, 2.75) is 6.42 Å². The molecule has 2 heterocycles. The summed E-state index contributed by atoms with van der Waals surface area (Å²) in [6, 6.07) is 15.2. The number of halogens is 1. The normalized spacial score (nSPS) is 10.9. The van der Waals surface area contributed by atoms with Gasteiger partial charge in [0.2, 0.25) is 11.7 Å². The van der Waals surface area contributed by atoms with Crippen LogP contribution in [0.3, 0.4) is 0 Å². The lowest BCUT2D eigenvalue weighted by atomic mass is 10.2. The van der Waals surface area contributed by atoms with E-state index in [1.807, 2.05) is 36.4 Å². The van der Waals surface area contributed by atoms with Crippen LogP contribution in [0.15, 0.2) is 59.4 Å². The molecule has 0 atom stereocenters. The summed E-state index contributed by atoms with van der Waals surface area (Å²) in [7, 11) is 0. The van der Waals surface area contributed by atoms with Crippen LogP contribution in [-0.2, 0) is 6.42 Å². The van der Waals surface area contributed by atoms with Crippen molar-refractivity contribution in [1.29, 1.82) is 0 Å². The van der Waals surface area contributed by atoms with E-state index in [-0.39, 0.29) is 0 Å². The van der Waals surface area contributed by atoms with E-state index in [4.69, 9.17) is 16.1 Å². The van der Waals surface area contributed by atoms with Crippen LogP contribution in [-0.4, -0.2) is 26.7 Å². The third kappa shape index (κ3) is 3.44. The Bertz CT molecular complexity index is 994. The first-order valence-electron chi connectivity index (χ1n) is 7.82. The lowest BCUT2D eigenvalue weighted by molar-refractivity contribution is 0.381. The van der Waals surface area contributed by atoms with Gasteiger partial charge in [-0.05, 0) is 36.4 Å². The highest BCUT2D eigenvalue weighted by molar-refractivity contribution is 6.30. The van der Waals surface area contributed by atoms with Crippen LogP contribution in [0.2, 0.25) is 5.02 Å². The van der Waals surface area contributed by atoms with Crippen molar-refractivity contribution in [1.82, 2.24) is 20.1 Å². The summed E-state index contributed by atoms with van der Waals surface area (Å²) in [5, 5.41) is 8.96. The maximum atomic E-state index is 5.89. The summed E-state index contributed by atoms with van der Waals surface area (Å²) in [6.45, 7) is 0.628. The highest BCUT2D eigenvalue weighted by Crippen LogP contribution is 2.20. The van der Waals surface area contributed by atoms with Crippen LogP contribution in [0.1, 0.15) is 5.89 Å². The number of nitrogens with one attached hydrogen (secondary N) is 1. The lowest BCUT2D eigenvalue weighted by Crippen LogP contribution is -2.07. The summed E-state index contributed by atoms with van der Waals surface area (Å²) in [6.07, 6.45) is 2.15. The molecule has 0 fully saturated rings. The van der Waals surface area contributed by atoms with E-state index < -0.39 is 0 Å². The largest absolute Gasteiger partial charge is 0.369 e. The molecule has 4 rings (SSSR count). The van der Waals surface area contributed by atoms with E-state index in [1.54, 1.807) is 18.5 Å². The Kier molecular flexibility index (Phi) is 4.26. The Labute approximate surface area is 148 Å². The summed E-state index contributed by atoms with van der Waals surface area (Å²) in [5.74, 6) is 1.91. The first kappa shape index (κ1) is 15.5. The maximum absolute atomic E-state index is 5.89. The smallest absolute Gasteiger partial charge is 0.228 e. The average Bonchev–Trinajstić information content (AvgIpc) is 3.11. The molecule has 2 aromatic heterocycles. The van der Waals surface area contributed by atoms with Gasteiger partial charge in [0.25, 0.3) is 0 Å². The minimum Gasteiger partial charge on any atom is -0.369 e. The van der Waals surface area contributed by atoms with Gasteiger partial charge in [0.1, 0.15) is 12.1 Å². The number of anilines is 1. The molecular weight excluding hydrogens is 338 g/mol. The van der Waals surface area contributed by atoms with Gasteiger partial charge in [0.05, 0.1) is 5.52 Å². The summed E-state index contributed by atoms with van der Waals surface area (Å²) in [4.78, 5) is 13.0. The van der Waals surface area contributed by atoms with E-state index in [0.717, 1.165) is 22.3 Å². The van der Waals surface area contributed by atoms with Crippen molar-refractivity contribution in [3.63, 3.8) is 0 Å². The van der Waals surface area contributed by atoms with Gasteiger partial charge in [-0.2, -0.15) is 4.98 Å². The summed E-state index contributed by atoms with van der Waals surface area (Å²) < 4.78 is 5.31. The second-order valence-electron chi connectivity index (χ2n) is 5.43. The predicted octanol–water partition coefficient (Wildman–Crippen LogP) is 3.99. The fraction of sp³-hybridized carbons (Fsp3) is 0.111. The van der Waals surface area contributed by atoms with Gasteiger partial charge in [-0.3, -0.25) is 0 Å². The molecule has 0 saturated carbocycles. The minimum atomic E-state index is 0.555. The van der Waals surface area contributed by atoms with Gasteiger partial charge in [-0.15, -0.1) is 0 Å². The second-order valence-corrected chi connectivity index (χ2v) is 5.87. The zero-order valence-corrected chi connectivity index (χ0v) is 13.9. The minimum absolute atomic E-state index is 0.555. The molecule has 0 saturated heterocycles. The van der Waals surface area contributed by atoms with Crippen LogP contribution in [0.5, 0.6) is 0 Å². The molecule has 0 radical (unpaired) electrons. The molecule has 1 N–H and O–H groups in total. The molecule has 25 heavy (non-hydrogen) atoms. The van der Waals surface area contributed by atoms with Gasteiger partial charge in [-0.1, -0.05) is 28.9 Å². The number of nitrogens with zero attached hydrogens (tertiary/aromatic N) is 4. The second kappa shape index (κ2) is 6.86. The molecule has 2 aromatic carbocycles. The Balaban J connectivity index is 1.43. The van der Waals surface area contributed by atoms with Crippen molar-refractivity contribution < 1.29 is 4.52 Å². The highest BCUT2D eigenvalue weighted by atomic mass is 35.5. The fourth-order valence-corrected chi connectivity index (χ4v) is 2.63. The molecule has 7 heteroatoms. The highest BCUT2D eigenvalue weighted by Gasteiger charge is 2.09. The van der Waals surface area contributed by atoms with E-state index in [2.05, 4.69) is 25.4 Å². The predicted molar refractivity (Wildman–Crippen MR) is 96.5 cm³/mol. The van der Waals surface area contributed by atoms with E-state index in [9.17, 15) is 0 Å². The molecule has 0 aliphatic carbocycles. The molecule has 0 bridgehead atoms. The number of fused-ring (bicyclic) bond motifs is 1. The van der Waals surface area contributed by atoms with Gasteiger partial charge >= 0.3 is 0 Å². The zero-order valence-electron chi connectivity index (χ0n) is 13.2. The molecule has 6 nitrogen and oxygen atoms in total. The molecule has 0 unspecified atom stereocenters. The first-order valence-corrected chi connectivity index (χ1v) is 8.19. The van der Waals surface area contributed by atoms with Gasteiger partial charge in [-0.25, -0.2) is 9.97 Å². The van der Waals surface area contributed by atoms with Crippen LogP contribution < -0.4 is 5.32 Å². The van der Waals surface area contributed by atoms with Crippen LogP contribution in [0.25, 0.3) is 22.3 Å². The SMILES string of the molecule is Clc1ccc(-c2noc(CCNc3ncnc4ccccc34)n2)cc1. The van der Waals surface area contributed by atoms with E-state index in [0.29, 0.717) is 29.7 Å². The van der Waals surface area contributed by atoms with Crippen molar-refractivity contribution in [2.75, 3.05) is 11.9 Å². The average molecular weight is 352 g/mol. The standard InChI is InChI=1S/C18H14ClN5O/c19-13-7-5-12(6-8-13)17-23-16(25-24-17)9-10-20-18-14-3-1-2-4-15(14)21-11-22-18/h1-8,11H,9-10H2,(H,20,21,22). The Morgan fingerprint density at radius 2 is 1.84 bits per heavy atom. The lowest BCUT2D eigenvalue weighted by Gasteiger charge is -2.06. The van der Waals surface area contributed by atoms with Gasteiger partial charge < -0.3 is 9.84 Å². The van der Waals surface area contributed by atoms with Crippen LogP contribution >= 0.6 is 11.6 Å². The number of benzene rings is 2. The van der Waals surface area contributed by atoms with Gasteiger partial charge in [0, 0.05) is 28.9 Å². The Morgan fingerprint density at radius 1 is 1.00 bits per heavy atom. The number of aromatic nitrogens is 4. The topological polar surface area (TPSA) is 76.7 Å². The van der Waals surface area contributed by atoms with E-state index >= 15 is 0 Å². The molecule has 0 spiro atoms. The quantitative estimate of drug-likeness (QED) is 0.586. The molecular formula is C18H14ClN5O. The number of hydrogen-bond donors (Lipinski definition) is 1. The molecule has 0 amide bonds. The zero-order chi connectivity index (χ0) is 17.1. The van der Waals surface area contributed by atoms with Gasteiger partial charge in [0.15, 0.2) is 0 Å². The van der Waals surface area contributed by atoms with Crippen molar-refractivity contribution >= 4 is 28.3 Å². The van der Waals surface area contributed by atoms with Crippen molar-refractivity contribution in [3.8, 4) is 11.4 Å². The number of rotatable bonds is 5. The maximum Gasteiger partial charge on any atom is 0.228 e. The molecule has 0 aliphatic rings. The Morgan fingerprint density at radius 3 is 2.72 bits per heavy atom. The summed E-state index contributed by atoms with van der Waals surface area (Å²) >= 11 is 5.89.